The van der Waals surface area contributed by atoms with Crippen molar-refractivity contribution in [3.8, 4) is 0 Å². The lowest BCUT2D eigenvalue weighted by Crippen LogP contribution is -2.22. The van der Waals surface area contributed by atoms with Gasteiger partial charge in [0.15, 0.2) is 0 Å². The van der Waals surface area contributed by atoms with Crippen molar-refractivity contribution in [3.63, 3.8) is 0 Å². The summed E-state index contributed by atoms with van der Waals surface area (Å²) >= 11 is 0. The van der Waals surface area contributed by atoms with Gasteiger partial charge in [-0.15, -0.1) is 0 Å². The Kier molecular flexibility index (Phi) is 15.5. The Balaban J connectivity index is 1.41. The molecule has 0 bridgehead atoms. The van der Waals surface area contributed by atoms with Crippen LogP contribution < -0.4 is 0 Å². The molecule has 318 valence electrons. The second-order valence-corrected chi connectivity index (χ2v) is 21.4. The molecule has 0 spiro atoms. The minimum atomic E-state index is -4.58. The molecule has 0 aromatic heterocycles. The van der Waals surface area contributed by atoms with Gasteiger partial charge in [0.1, 0.15) is 12.3 Å². The lowest BCUT2D eigenvalue weighted by molar-refractivity contribution is -0.140. The van der Waals surface area contributed by atoms with Crippen molar-refractivity contribution in [1.82, 2.24) is 0 Å². The summed E-state index contributed by atoms with van der Waals surface area (Å²) in [5, 5.41) is 0. The molecule has 0 aliphatic heterocycles. The van der Waals surface area contributed by atoms with E-state index in [0.717, 1.165) is 22.3 Å². The van der Waals surface area contributed by atoms with Gasteiger partial charge < -0.3 is 18.6 Å². The summed E-state index contributed by atoms with van der Waals surface area (Å²) in [5.74, 6) is -1.91. The predicted octanol–water partition coefficient (Wildman–Crippen LogP) is 10.7. The zero-order valence-electron chi connectivity index (χ0n) is 36.6. The summed E-state index contributed by atoms with van der Waals surface area (Å²) in [6.45, 7) is 19.1. The van der Waals surface area contributed by atoms with Gasteiger partial charge in [-0.05, 0) is 134 Å². The van der Waals surface area contributed by atoms with Crippen LogP contribution >= 0.6 is 14.3 Å². The third-order valence-corrected chi connectivity index (χ3v) is 15.6. The van der Waals surface area contributed by atoms with E-state index >= 15 is 0 Å². The lowest BCUT2D eigenvalue weighted by Gasteiger charge is -2.20. The minimum absolute atomic E-state index is 0.105. The van der Waals surface area contributed by atoms with E-state index in [1.54, 1.807) is 97.0 Å². The number of carbonyl (C=O) groups is 6. The van der Waals surface area contributed by atoms with Crippen LogP contribution in [0.5, 0.6) is 0 Å². The molecule has 4 rings (SSSR count). The number of hydrogen-bond acceptors (Lipinski definition) is 10. The number of rotatable bonds is 18. The van der Waals surface area contributed by atoms with E-state index < -0.39 is 60.6 Å². The summed E-state index contributed by atoms with van der Waals surface area (Å²) in [6.07, 6.45) is -0.794. The maximum Gasteiger partial charge on any atom is 0.314 e. The van der Waals surface area contributed by atoms with Gasteiger partial charge in [-0.3, -0.25) is 28.8 Å². The summed E-state index contributed by atoms with van der Waals surface area (Å²) in [5.41, 5.74) is 4.40. The fraction of sp³-hybridized carbons (Fsp3) is 0.375. The van der Waals surface area contributed by atoms with Crippen LogP contribution in [0, 0.1) is 76.2 Å². The molecule has 12 heteroatoms. The van der Waals surface area contributed by atoms with Crippen LogP contribution in [0.3, 0.4) is 0 Å². The highest BCUT2D eigenvalue weighted by molar-refractivity contribution is 7.96. The highest BCUT2D eigenvalue weighted by Gasteiger charge is 2.46. The quantitative estimate of drug-likeness (QED) is 0.0536. The van der Waals surface area contributed by atoms with Gasteiger partial charge in [-0.25, -0.2) is 0 Å². The Hall–Kier alpha value is -5.04. The number of unbranched alkanes of at least 4 members (excludes halogenated alkanes) is 2. The third kappa shape index (κ3) is 10.6. The molecule has 0 saturated carbocycles. The Morgan fingerprint density at radius 1 is 0.400 bits per heavy atom. The number of benzene rings is 4. The van der Waals surface area contributed by atoms with Gasteiger partial charge in [-0.2, -0.15) is 0 Å². The zero-order chi connectivity index (χ0) is 44.9. The fourth-order valence-corrected chi connectivity index (χ4v) is 12.7. The summed E-state index contributed by atoms with van der Waals surface area (Å²) in [6, 6.07) is 15.6. The van der Waals surface area contributed by atoms with Crippen molar-refractivity contribution >= 4 is 48.3 Å². The first-order valence-corrected chi connectivity index (χ1v) is 23.8. The monoisotopic (exact) mass is 854 g/mol. The Morgan fingerprint density at radius 3 is 1.02 bits per heavy atom. The van der Waals surface area contributed by atoms with E-state index in [4.69, 9.17) is 9.47 Å². The molecule has 0 aliphatic carbocycles. The molecule has 60 heavy (non-hydrogen) atoms. The maximum atomic E-state index is 14.8. The Bertz CT molecular complexity index is 2370. The van der Waals surface area contributed by atoms with E-state index in [9.17, 15) is 37.9 Å². The number of hydrogen-bond donors (Lipinski definition) is 0. The Morgan fingerprint density at radius 2 is 0.700 bits per heavy atom. The highest BCUT2D eigenvalue weighted by Crippen LogP contribution is 2.55. The lowest BCUT2D eigenvalue weighted by atomic mass is 10.0. The van der Waals surface area contributed by atoms with Crippen molar-refractivity contribution in [1.29, 1.82) is 0 Å². The first kappa shape index (κ1) is 47.6. The highest BCUT2D eigenvalue weighted by atomic mass is 31.2. The van der Waals surface area contributed by atoms with E-state index in [0.29, 0.717) is 58.2 Å². The minimum Gasteiger partial charge on any atom is -0.465 e. The topological polar surface area (TPSA) is 155 Å². The van der Waals surface area contributed by atoms with Gasteiger partial charge in [-0.1, -0.05) is 76.9 Å². The molecule has 4 aromatic carbocycles. The van der Waals surface area contributed by atoms with Gasteiger partial charge in [0.25, 0.3) is 0 Å². The van der Waals surface area contributed by atoms with Gasteiger partial charge in [0.2, 0.25) is 36.4 Å². The predicted molar refractivity (Wildman–Crippen MR) is 236 cm³/mol. The molecule has 0 radical (unpaired) electrons. The molecule has 0 fully saturated rings. The van der Waals surface area contributed by atoms with Crippen molar-refractivity contribution in [2.75, 3.05) is 25.5 Å². The normalized spacial score (nSPS) is 12.4. The smallest absolute Gasteiger partial charge is 0.314 e. The third-order valence-electron chi connectivity index (χ3n) is 10.6. The van der Waals surface area contributed by atoms with E-state index in [2.05, 4.69) is 0 Å². The molecular formula is C48H56O10P2. The van der Waals surface area contributed by atoms with Gasteiger partial charge >= 0.3 is 11.9 Å². The fourth-order valence-electron chi connectivity index (χ4n) is 8.02. The SMILES string of the molecule is Cc1ccc(C(=O)P(=O)(CC(=O)OCCCCCOC(=O)CP(=O)(C(=O)c2c(C)cc(C)cc2C)C(=O)c2c(C)cc(C)cc2C)C(=O)c2c(C)cc(C)cc2C)c(C)c1. The van der Waals surface area contributed by atoms with Crippen molar-refractivity contribution < 1.29 is 47.4 Å². The summed E-state index contributed by atoms with van der Waals surface area (Å²) in [4.78, 5) is 82.7. The standard InChI is InChI=1S/C48H56O10P2/c1-28-15-16-39(32(5)19-28)45(51)59(55,46(52)42-33(6)20-29(2)21-34(42)7)26-40(49)57-17-13-12-14-18-58-41(50)27-60(56,47(53)43-35(8)22-30(3)23-36(43)9)48(54)44-37(10)24-31(4)25-38(44)11/h15-16,19-25H,12-14,17-18,26-27H2,1-11H3. The van der Waals surface area contributed by atoms with Crippen molar-refractivity contribution in [3.05, 3.63) is 138 Å². The van der Waals surface area contributed by atoms with Crippen molar-refractivity contribution in [2.24, 2.45) is 0 Å². The first-order chi connectivity index (χ1) is 28.0. The van der Waals surface area contributed by atoms with Crippen LogP contribution in [0.15, 0.2) is 54.6 Å². The van der Waals surface area contributed by atoms with Crippen LogP contribution in [0.2, 0.25) is 0 Å². The molecule has 1 atom stereocenters. The molecular weight excluding hydrogens is 798 g/mol. The van der Waals surface area contributed by atoms with Crippen LogP contribution in [-0.2, 0) is 28.2 Å². The Labute approximate surface area is 353 Å². The van der Waals surface area contributed by atoms with Gasteiger partial charge in [0.05, 0.1) is 13.2 Å². The average molecular weight is 855 g/mol. The first-order valence-electron chi connectivity index (χ1n) is 20.0. The van der Waals surface area contributed by atoms with Crippen molar-refractivity contribution in [2.45, 2.75) is 95.4 Å². The molecule has 0 amide bonds. The van der Waals surface area contributed by atoms with Crippen LogP contribution in [0.4, 0.5) is 0 Å². The molecule has 10 nitrogen and oxygen atoms in total. The van der Waals surface area contributed by atoms with E-state index in [1.807, 2.05) is 27.7 Å². The van der Waals surface area contributed by atoms with Crippen LogP contribution in [0.25, 0.3) is 0 Å². The number of ether oxygens (including phenoxy) is 2. The molecule has 0 heterocycles. The molecule has 0 N–H and O–H groups in total. The molecule has 0 saturated heterocycles. The number of esters is 2. The number of carbonyl (C=O) groups excluding carboxylic acids is 6. The average Bonchev–Trinajstić information content (AvgIpc) is 3.12. The molecule has 0 aliphatic rings. The van der Waals surface area contributed by atoms with Crippen LogP contribution in [-0.4, -0.2) is 59.6 Å². The van der Waals surface area contributed by atoms with E-state index in [1.165, 1.54) is 6.07 Å². The summed E-state index contributed by atoms with van der Waals surface area (Å²) in [7, 11) is -9.14. The largest absolute Gasteiger partial charge is 0.465 e. The van der Waals surface area contributed by atoms with Crippen LogP contribution in [0.1, 0.15) is 122 Å². The molecule has 4 aromatic rings. The molecule has 1 unspecified atom stereocenters. The summed E-state index contributed by atoms with van der Waals surface area (Å²) < 4.78 is 40.2. The second kappa shape index (κ2) is 19.6. The zero-order valence-corrected chi connectivity index (χ0v) is 38.4. The second-order valence-electron chi connectivity index (χ2n) is 16.2. The maximum absolute atomic E-state index is 14.8. The van der Waals surface area contributed by atoms with E-state index in [-0.39, 0.29) is 35.5 Å². The van der Waals surface area contributed by atoms with Gasteiger partial charge in [0, 0.05) is 22.3 Å². The number of aryl methyl sites for hydroxylation is 11.